The van der Waals surface area contributed by atoms with Crippen LogP contribution < -0.4 is 0 Å². The van der Waals surface area contributed by atoms with Crippen molar-refractivity contribution in [3.05, 3.63) is 0 Å². The minimum absolute atomic E-state index is 0.993. The normalized spacial score (nSPS) is 57.0. The first kappa shape index (κ1) is 14.6. The van der Waals surface area contributed by atoms with Crippen molar-refractivity contribution in [3.63, 3.8) is 0 Å². The molecule has 0 aromatic rings. The Hall–Kier alpha value is 0. The van der Waals surface area contributed by atoms with Crippen LogP contribution in [-0.4, -0.2) is 0 Å². The topological polar surface area (TPSA) is 0 Å². The van der Waals surface area contributed by atoms with Crippen molar-refractivity contribution < 1.29 is 0 Å². The highest BCUT2D eigenvalue weighted by Crippen LogP contribution is 2.56. The van der Waals surface area contributed by atoms with E-state index in [0.717, 1.165) is 53.3 Å². The Labute approximate surface area is 132 Å². The molecular formula is C21H36. The zero-order valence-electron chi connectivity index (χ0n) is 14.6. The van der Waals surface area contributed by atoms with Crippen LogP contribution in [0.1, 0.15) is 78.6 Å². The van der Waals surface area contributed by atoms with Gasteiger partial charge in [-0.05, 0) is 91.8 Å². The average Bonchev–Trinajstić information content (AvgIpc) is 3.06. The van der Waals surface area contributed by atoms with Gasteiger partial charge in [-0.2, -0.15) is 0 Å². The van der Waals surface area contributed by atoms with Crippen molar-refractivity contribution in [2.45, 2.75) is 78.6 Å². The summed E-state index contributed by atoms with van der Waals surface area (Å²) in [5.74, 6) is 9.64. The molecule has 0 nitrogen and oxygen atoms in total. The van der Waals surface area contributed by atoms with Gasteiger partial charge in [-0.15, -0.1) is 0 Å². The predicted octanol–water partition coefficient (Wildman–Crippen LogP) is 6.16. The molecule has 2 bridgehead atoms. The minimum Gasteiger partial charge on any atom is -0.0622 e. The molecule has 4 saturated carbocycles. The van der Waals surface area contributed by atoms with E-state index in [2.05, 4.69) is 20.8 Å². The van der Waals surface area contributed by atoms with Crippen LogP contribution >= 0.6 is 0 Å². The standard InChI is InChI=1S/C21H36/c1-13-4-7-18-11-19(12-21(18)14(13)2)20-9-6-16-5-8-17(10-16)15(20)3/h13-21H,4-12H2,1-3H3. The maximum Gasteiger partial charge on any atom is -0.0355 e. The first-order valence-corrected chi connectivity index (χ1v) is 10.1. The number of rotatable bonds is 1. The van der Waals surface area contributed by atoms with Gasteiger partial charge < -0.3 is 0 Å². The monoisotopic (exact) mass is 288 g/mol. The molecule has 0 saturated heterocycles. The van der Waals surface area contributed by atoms with E-state index in [4.69, 9.17) is 0 Å². The second kappa shape index (κ2) is 5.57. The fraction of sp³-hybridized carbons (Fsp3) is 1.00. The van der Waals surface area contributed by atoms with Crippen molar-refractivity contribution in [2.75, 3.05) is 0 Å². The third-order valence-corrected chi connectivity index (χ3v) is 8.87. The van der Waals surface area contributed by atoms with Crippen LogP contribution in [-0.2, 0) is 0 Å². The summed E-state index contributed by atoms with van der Waals surface area (Å²) in [7, 11) is 0. The van der Waals surface area contributed by atoms with Gasteiger partial charge in [0.1, 0.15) is 0 Å². The van der Waals surface area contributed by atoms with Gasteiger partial charge in [0, 0.05) is 0 Å². The van der Waals surface area contributed by atoms with Gasteiger partial charge in [-0.25, -0.2) is 0 Å². The SMILES string of the molecule is CC1CCC2CC(C3CCC4CCC(C4)C3C)CC2C1C. The van der Waals surface area contributed by atoms with Crippen LogP contribution in [0.5, 0.6) is 0 Å². The van der Waals surface area contributed by atoms with Crippen LogP contribution in [0.3, 0.4) is 0 Å². The van der Waals surface area contributed by atoms with Crippen LogP contribution in [0.2, 0.25) is 0 Å². The Bertz CT molecular complexity index is 372. The molecule has 0 N–H and O–H groups in total. The Morgan fingerprint density at radius 3 is 2.14 bits per heavy atom. The lowest BCUT2D eigenvalue weighted by molar-refractivity contribution is 0.134. The smallest absolute Gasteiger partial charge is 0.0355 e. The summed E-state index contributed by atoms with van der Waals surface area (Å²) < 4.78 is 0. The molecule has 120 valence electrons. The molecule has 21 heavy (non-hydrogen) atoms. The van der Waals surface area contributed by atoms with Gasteiger partial charge in [0.05, 0.1) is 0 Å². The zero-order valence-corrected chi connectivity index (χ0v) is 14.6. The molecule has 0 aromatic heterocycles. The molecule has 0 amide bonds. The zero-order chi connectivity index (χ0) is 14.6. The van der Waals surface area contributed by atoms with Crippen LogP contribution in [0.4, 0.5) is 0 Å². The van der Waals surface area contributed by atoms with Gasteiger partial charge in [0.25, 0.3) is 0 Å². The van der Waals surface area contributed by atoms with Gasteiger partial charge in [0.2, 0.25) is 0 Å². The van der Waals surface area contributed by atoms with E-state index < -0.39 is 0 Å². The Morgan fingerprint density at radius 2 is 1.29 bits per heavy atom. The van der Waals surface area contributed by atoms with Crippen LogP contribution in [0.25, 0.3) is 0 Å². The molecule has 4 fully saturated rings. The van der Waals surface area contributed by atoms with Crippen molar-refractivity contribution in [3.8, 4) is 0 Å². The van der Waals surface area contributed by atoms with E-state index in [1.54, 1.807) is 51.4 Å². The molecule has 9 unspecified atom stereocenters. The van der Waals surface area contributed by atoms with E-state index in [9.17, 15) is 0 Å². The van der Waals surface area contributed by atoms with Crippen molar-refractivity contribution in [2.24, 2.45) is 53.3 Å². The molecule has 0 heteroatoms. The van der Waals surface area contributed by atoms with E-state index in [0.29, 0.717) is 0 Å². The maximum atomic E-state index is 2.64. The van der Waals surface area contributed by atoms with Crippen LogP contribution in [0, 0.1) is 53.3 Å². The van der Waals surface area contributed by atoms with Crippen molar-refractivity contribution in [1.29, 1.82) is 0 Å². The summed E-state index contributed by atoms with van der Waals surface area (Å²) in [6.45, 7) is 7.72. The summed E-state index contributed by atoms with van der Waals surface area (Å²) in [6.07, 6.45) is 14.1. The molecule has 0 spiro atoms. The van der Waals surface area contributed by atoms with Crippen molar-refractivity contribution in [1.82, 2.24) is 0 Å². The fourth-order valence-electron chi connectivity index (χ4n) is 7.25. The van der Waals surface area contributed by atoms with Crippen LogP contribution in [0.15, 0.2) is 0 Å². The molecule has 0 radical (unpaired) electrons. The number of fused-ring (bicyclic) bond motifs is 3. The Morgan fingerprint density at radius 1 is 0.524 bits per heavy atom. The summed E-state index contributed by atoms with van der Waals surface area (Å²) in [4.78, 5) is 0. The van der Waals surface area contributed by atoms with E-state index in [1.165, 1.54) is 6.42 Å². The quantitative estimate of drug-likeness (QED) is 0.542. The van der Waals surface area contributed by atoms with E-state index >= 15 is 0 Å². The maximum absolute atomic E-state index is 2.64. The lowest BCUT2D eigenvalue weighted by Gasteiger charge is -2.36. The summed E-state index contributed by atoms with van der Waals surface area (Å²) in [5.41, 5.74) is 0. The highest BCUT2D eigenvalue weighted by atomic mass is 14.5. The third-order valence-electron chi connectivity index (χ3n) is 8.87. The average molecular weight is 289 g/mol. The molecule has 4 rings (SSSR count). The molecule has 0 heterocycles. The first-order valence-electron chi connectivity index (χ1n) is 10.1. The third kappa shape index (κ3) is 2.49. The molecule has 0 aliphatic heterocycles. The predicted molar refractivity (Wildman–Crippen MR) is 90.0 cm³/mol. The molecule has 0 aromatic carbocycles. The number of hydrogen-bond donors (Lipinski definition) is 0. The van der Waals surface area contributed by atoms with E-state index in [1.807, 2.05) is 0 Å². The lowest BCUT2D eigenvalue weighted by Crippen LogP contribution is -2.28. The molecule has 4 aliphatic rings. The second-order valence-corrected chi connectivity index (χ2v) is 9.61. The molecule has 9 atom stereocenters. The summed E-state index contributed by atoms with van der Waals surface area (Å²) >= 11 is 0. The Kier molecular flexibility index (Phi) is 3.87. The van der Waals surface area contributed by atoms with Gasteiger partial charge in [-0.3, -0.25) is 0 Å². The minimum atomic E-state index is 0.993. The van der Waals surface area contributed by atoms with Gasteiger partial charge in [0.15, 0.2) is 0 Å². The second-order valence-electron chi connectivity index (χ2n) is 9.61. The molecular weight excluding hydrogens is 252 g/mol. The highest BCUT2D eigenvalue weighted by molar-refractivity contribution is 4.96. The largest absolute Gasteiger partial charge is 0.0622 e. The Balaban J connectivity index is 1.47. The van der Waals surface area contributed by atoms with Gasteiger partial charge in [-0.1, -0.05) is 40.0 Å². The lowest BCUT2D eigenvalue weighted by atomic mass is 9.69. The van der Waals surface area contributed by atoms with E-state index in [-0.39, 0.29) is 0 Å². The van der Waals surface area contributed by atoms with Gasteiger partial charge >= 0.3 is 0 Å². The number of hydrogen-bond acceptors (Lipinski definition) is 0. The van der Waals surface area contributed by atoms with Crippen molar-refractivity contribution >= 4 is 0 Å². The summed E-state index contributed by atoms with van der Waals surface area (Å²) in [6, 6.07) is 0. The summed E-state index contributed by atoms with van der Waals surface area (Å²) in [5, 5.41) is 0. The fourth-order valence-corrected chi connectivity index (χ4v) is 7.25. The highest BCUT2D eigenvalue weighted by Gasteiger charge is 2.47. The first-order chi connectivity index (χ1) is 10.1. The molecule has 4 aliphatic carbocycles.